The predicted molar refractivity (Wildman–Crippen MR) is 442 cm³/mol. The number of fused-ring (bicyclic) bond motifs is 1. The smallest absolute Gasteiger partial charge is 0.317 e. The van der Waals surface area contributed by atoms with E-state index in [9.17, 15) is 87.2 Å². The van der Waals surface area contributed by atoms with Gasteiger partial charge in [0.05, 0.1) is 58.9 Å². The van der Waals surface area contributed by atoms with Crippen molar-refractivity contribution in [3.8, 4) is 11.1 Å². The van der Waals surface area contributed by atoms with Crippen molar-refractivity contribution in [1.29, 1.82) is 0 Å². The van der Waals surface area contributed by atoms with E-state index in [0.29, 0.717) is 33.5 Å². The molecular weight excluding hydrogens is 1580 g/mol. The highest BCUT2D eigenvalue weighted by atomic mass is 32.2. The molecule has 39 nitrogen and oxygen atoms in total. The summed E-state index contributed by atoms with van der Waals surface area (Å²) in [5.41, 5.74) is 15.2. The van der Waals surface area contributed by atoms with Crippen LogP contribution in [-0.2, 0) is 101 Å². The standard InChI is InChI=1S/C80H115N19O20S/c1-49(2)36-61(77(114)91-59(73(82)110)22-35-120-6)93-79(116)64(39-56-41-83-48-87-56)89-66(101)42-86-80(117)72(50(3)4)95-74(111)51(5)88-76(113)63(38-55-40-85-58-15-11-10-14-57(55)58)94-75(112)60(20-21-65(81)100)92-78(115)62(37-52-16-18-54(19-17-52)53-12-8-7-9-13-53)90-68(103)47-119-34-33-118-32-23-84-67(102)43-96-24-26-97(44-69(104)105)28-30-99(46-71(108)109)31-29-98(27-25-96)45-70(106)107/h7-19,40-41,48-51,59-64,72,85H,20-39,42-47H2,1-6H3,(H2,81,100)(H2,82,110)(H,83,87)(H,84,102)(H,86,117)(H,88,113)(H,89,101)(H,90,103)(H,91,114)(H,92,115)(H,93,116)(H,94,112)(H,95,111)(H,104,105)(H,106,107)(H,108,109)/t51-,59-,60-,61-,62-,63-,64-,72-/m0/s1. The van der Waals surface area contributed by atoms with Crippen molar-refractivity contribution in [1.82, 2.24) is 87.7 Å². The van der Waals surface area contributed by atoms with Crippen LogP contribution in [0.25, 0.3) is 22.0 Å². The molecule has 0 aliphatic carbocycles. The van der Waals surface area contributed by atoms with Crippen LogP contribution in [0, 0.1) is 11.8 Å². The zero-order valence-electron chi connectivity index (χ0n) is 68.5. The van der Waals surface area contributed by atoms with Gasteiger partial charge in [-0.25, -0.2) is 4.98 Å². The lowest BCUT2D eigenvalue weighted by molar-refractivity contribution is -0.140. The van der Waals surface area contributed by atoms with E-state index in [1.165, 1.54) is 31.2 Å². The number of imidazole rings is 1. The molecule has 19 N–H and O–H groups in total. The van der Waals surface area contributed by atoms with Crippen LogP contribution >= 0.6 is 11.8 Å². The van der Waals surface area contributed by atoms with E-state index in [1.54, 1.807) is 76.0 Å². The average molecular weight is 1690 g/mol. The van der Waals surface area contributed by atoms with Crippen molar-refractivity contribution in [2.75, 3.05) is 130 Å². The molecule has 656 valence electrons. The van der Waals surface area contributed by atoms with Crippen LogP contribution in [0.3, 0.4) is 0 Å². The molecule has 120 heavy (non-hydrogen) atoms. The fourth-order valence-corrected chi connectivity index (χ4v) is 13.4. The summed E-state index contributed by atoms with van der Waals surface area (Å²) < 4.78 is 11.3. The van der Waals surface area contributed by atoms with Gasteiger partial charge in [-0.1, -0.05) is 100 Å². The number of carboxylic acids is 3. The van der Waals surface area contributed by atoms with Crippen molar-refractivity contribution in [2.24, 2.45) is 23.3 Å². The first-order chi connectivity index (χ1) is 57.2. The number of benzene rings is 3. The van der Waals surface area contributed by atoms with E-state index in [-0.39, 0.29) is 143 Å². The van der Waals surface area contributed by atoms with Crippen LogP contribution in [0.2, 0.25) is 0 Å². The predicted octanol–water partition coefficient (Wildman–Crippen LogP) is -2.57. The Hall–Kier alpha value is -11.4. The molecule has 3 aromatic carbocycles. The first-order valence-corrected chi connectivity index (χ1v) is 41.0. The fourth-order valence-electron chi connectivity index (χ4n) is 13.0. The highest BCUT2D eigenvalue weighted by Gasteiger charge is 2.36. The summed E-state index contributed by atoms with van der Waals surface area (Å²) in [5.74, 6) is -13.0. The summed E-state index contributed by atoms with van der Waals surface area (Å²) in [6.07, 6.45) is 5.33. The number of H-pyrrole nitrogens is 2. The Morgan fingerprint density at radius 2 is 1.02 bits per heavy atom. The number of hydrogen-bond acceptors (Lipinski definition) is 23. The van der Waals surface area contributed by atoms with Gasteiger partial charge in [-0.15, -0.1) is 0 Å². The number of rotatable bonds is 50. The Balaban J connectivity index is 1.10. The van der Waals surface area contributed by atoms with Gasteiger partial charge < -0.3 is 99.4 Å². The van der Waals surface area contributed by atoms with Crippen LogP contribution < -0.4 is 64.6 Å². The normalized spacial score (nSPS) is 15.3. The number of aromatic nitrogens is 3. The third-order valence-corrected chi connectivity index (χ3v) is 20.1. The van der Waals surface area contributed by atoms with Crippen LogP contribution in [0.4, 0.5) is 0 Å². The molecule has 0 unspecified atom stereocenters. The number of primary amides is 2. The maximum atomic E-state index is 14.8. The van der Waals surface area contributed by atoms with Gasteiger partial charge in [-0.2, -0.15) is 11.8 Å². The zero-order valence-corrected chi connectivity index (χ0v) is 69.3. The molecule has 8 atom stereocenters. The molecule has 0 saturated carbocycles. The molecule has 40 heteroatoms. The van der Waals surface area contributed by atoms with Crippen molar-refractivity contribution < 1.29 is 96.7 Å². The van der Waals surface area contributed by atoms with Gasteiger partial charge in [0.15, 0.2) is 0 Å². The largest absolute Gasteiger partial charge is 0.480 e. The first kappa shape index (κ1) is 97.4. The molecule has 1 aliphatic heterocycles. The molecular formula is C80H115N19O20S. The second kappa shape index (κ2) is 51.1. The summed E-state index contributed by atoms with van der Waals surface area (Å²) in [5, 5.41) is 55.8. The second-order valence-corrected chi connectivity index (χ2v) is 30.9. The number of nitrogens with zero attached hydrogens (tertiary/aromatic N) is 5. The van der Waals surface area contributed by atoms with E-state index >= 15 is 0 Å². The highest BCUT2D eigenvalue weighted by Crippen LogP contribution is 2.22. The molecule has 1 aliphatic rings. The van der Waals surface area contributed by atoms with Gasteiger partial charge in [-0.05, 0) is 78.4 Å². The third-order valence-electron chi connectivity index (χ3n) is 19.4. The molecule has 0 spiro atoms. The van der Waals surface area contributed by atoms with Gasteiger partial charge >= 0.3 is 17.9 Å². The number of ether oxygens (including phenoxy) is 2. The number of carbonyl (C=O) groups is 15. The van der Waals surface area contributed by atoms with E-state index in [0.717, 1.165) is 11.1 Å². The van der Waals surface area contributed by atoms with Crippen molar-refractivity contribution in [3.05, 3.63) is 114 Å². The summed E-state index contributed by atoms with van der Waals surface area (Å²) in [6.45, 7) is 7.46. The highest BCUT2D eigenvalue weighted by molar-refractivity contribution is 7.98. The lowest BCUT2D eigenvalue weighted by Crippen LogP contribution is -2.60. The summed E-state index contributed by atoms with van der Waals surface area (Å²) >= 11 is 1.45. The molecule has 1 saturated heterocycles. The van der Waals surface area contributed by atoms with Gasteiger partial charge in [0.1, 0.15) is 54.9 Å². The van der Waals surface area contributed by atoms with Crippen molar-refractivity contribution >= 4 is 111 Å². The molecule has 0 radical (unpaired) electrons. The van der Waals surface area contributed by atoms with Crippen LogP contribution in [0.5, 0.6) is 0 Å². The Morgan fingerprint density at radius 3 is 1.58 bits per heavy atom. The topological polar surface area (TPSA) is 565 Å². The van der Waals surface area contributed by atoms with E-state index in [4.69, 9.17) is 20.9 Å². The summed E-state index contributed by atoms with van der Waals surface area (Å²) in [4.78, 5) is 217. The Bertz CT molecular complexity index is 4180. The van der Waals surface area contributed by atoms with Gasteiger partial charge in [0, 0.05) is 114 Å². The monoisotopic (exact) mass is 1690 g/mol. The SMILES string of the molecule is CSCC[C@H](NC(=O)[C@H](CC(C)C)NC(=O)[C@H](Cc1cnc[nH]1)NC(=O)CNC(=O)[C@@H](NC(=O)[C@H](C)NC(=O)[C@H](Cc1c[nH]c2ccccc12)NC(=O)[C@H](CCC(N)=O)NC(=O)[C@H](Cc1ccc(-c2ccccc2)cc1)NC(=O)COCCOCCNC(=O)CN1CCN(CC(=O)O)CCN(CC(=O)O)CCN(CC(=O)O)CC1)C(C)C)C(N)=O. The Kier molecular flexibility index (Phi) is 41.5. The minimum absolute atomic E-state index is 0.0134. The number of aromatic amines is 2. The number of nitrogens with two attached hydrogens (primary N) is 2. The van der Waals surface area contributed by atoms with Crippen molar-refractivity contribution in [3.63, 3.8) is 0 Å². The minimum Gasteiger partial charge on any atom is -0.480 e. The van der Waals surface area contributed by atoms with Crippen LogP contribution in [0.15, 0.2) is 97.6 Å². The zero-order chi connectivity index (χ0) is 87.8. The lowest BCUT2D eigenvalue weighted by Gasteiger charge is -2.32. The molecule has 5 aromatic rings. The fraction of sp³-hybridized carbons (Fsp3) is 0.525. The second-order valence-electron chi connectivity index (χ2n) is 29.9. The van der Waals surface area contributed by atoms with E-state index in [2.05, 4.69) is 68.1 Å². The number of nitrogens with one attached hydrogen (secondary N) is 12. The van der Waals surface area contributed by atoms with Gasteiger partial charge in [-0.3, -0.25) is 91.5 Å². The number of thioether (sulfide) groups is 1. The van der Waals surface area contributed by atoms with Crippen molar-refractivity contribution in [2.45, 2.75) is 128 Å². The number of para-hydroxylation sites is 1. The maximum absolute atomic E-state index is 14.8. The molecule has 2 aromatic heterocycles. The molecule has 12 amide bonds. The van der Waals surface area contributed by atoms with Gasteiger partial charge in [0.2, 0.25) is 70.9 Å². The quantitative estimate of drug-likeness (QED) is 0.0178. The van der Waals surface area contributed by atoms with E-state index in [1.807, 2.05) is 62.6 Å². The van der Waals surface area contributed by atoms with Gasteiger partial charge in [0.25, 0.3) is 0 Å². The number of amides is 12. The maximum Gasteiger partial charge on any atom is 0.317 e. The van der Waals surface area contributed by atoms with E-state index < -0.39 is 169 Å². The lowest BCUT2D eigenvalue weighted by atomic mass is 9.99. The van der Waals surface area contributed by atoms with Crippen LogP contribution in [-0.4, -0.2) is 317 Å². The number of carbonyl (C=O) groups excluding carboxylic acids is 12. The molecule has 3 heterocycles. The number of hydrogen-bond donors (Lipinski definition) is 17. The van der Waals surface area contributed by atoms with Crippen LogP contribution in [0.1, 0.15) is 77.1 Å². The number of carboxylic acid groups (broad SMARTS) is 3. The summed E-state index contributed by atoms with van der Waals surface area (Å²) in [6, 6.07) is 13.0. The Morgan fingerprint density at radius 1 is 0.500 bits per heavy atom. The minimum atomic E-state index is -1.59. The summed E-state index contributed by atoms with van der Waals surface area (Å²) in [7, 11) is 0. The first-order valence-electron chi connectivity index (χ1n) is 39.6. The Labute approximate surface area is 699 Å². The molecule has 6 rings (SSSR count). The third kappa shape index (κ3) is 35.6. The average Bonchev–Trinajstić information content (AvgIpc) is 1.69. The number of aliphatic carboxylic acids is 3. The molecule has 1 fully saturated rings. The molecule has 0 bridgehead atoms.